The van der Waals surface area contributed by atoms with Gasteiger partial charge in [0.05, 0.1) is 6.61 Å². The first kappa shape index (κ1) is 12.5. The van der Waals surface area contributed by atoms with Gasteiger partial charge in [0.25, 0.3) is 0 Å². The van der Waals surface area contributed by atoms with E-state index in [9.17, 15) is 0 Å². The average Bonchev–Trinajstić information content (AvgIpc) is 2.28. The van der Waals surface area contributed by atoms with Crippen molar-refractivity contribution in [3.05, 3.63) is 28.2 Å². The number of halogens is 1. The second-order valence-electron chi connectivity index (χ2n) is 6.25. The van der Waals surface area contributed by atoms with Crippen LogP contribution in [0.25, 0.3) is 0 Å². The zero-order valence-electron chi connectivity index (χ0n) is 11.0. The molecule has 0 saturated heterocycles. The van der Waals surface area contributed by atoms with Crippen LogP contribution in [0, 0.1) is 5.41 Å². The maximum Gasteiger partial charge on any atom is 0.211 e. The lowest BCUT2D eigenvalue weighted by Gasteiger charge is -2.46. The molecule has 1 aromatic rings. The van der Waals surface area contributed by atoms with Gasteiger partial charge >= 0.3 is 0 Å². The smallest absolute Gasteiger partial charge is 0.211 e. The number of ether oxygens (including phenoxy) is 2. The molecule has 0 amide bonds. The van der Waals surface area contributed by atoms with Crippen LogP contribution < -0.4 is 4.74 Å². The molecule has 3 rings (SSSR count). The second-order valence-corrected chi connectivity index (χ2v) is 7.16. The molecule has 2 aliphatic rings. The molecular formula is C15H19BrO2. The molecule has 3 heteroatoms. The molecule has 1 unspecified atom stereocenters. The van der Waals surface area contributed by atoms with Gasteiger partial charge in [-0.25, -0.2) is 0 Å². The van der Waals surface area contributed by atoms with Crippen molar-refractivity contribution in [2.24, 2.45) is 5.41 Å². The molecule has 0 bridgehead atoms. The Hall–Kier alpha value is -0.540. The van der Waals surface area contributed by atoms with Crippen molar-refractivity contribution in [1.29, 1.82) is 0 Å². The maximum atomic E-state index is 6.21. The topological polar surface area (TPSA) is 18.5 Å². The lowest BCUT2D eigenvalue weighted by molar-refractivity contribution is -0.238. The Bertz CT molecular complexity index is 470. The number of benzene rings is 1. The highest BCUT2D eigenvalue weighted by Crippen LogP contribution is 2.47. The maximum absolute atomic E-state index is 6.21. The molecule has 1 atom stereocenters. The van der Waals surface area contributed by atoms with Crippen LogP contribution in [-0.4, -0.2) is 5.79 Å². The van der Waals surface area contributed by atoms with Gasteiger partial charge in [-0.05, 0) is 36.5 Å². The van der Waals surface area contributed by atoms with Crippen LogP contribution in [0.3, 0.4) is 0 Å². The summed E-state index contributed by atoms with van der Waals surface area (Å²) in [4.78, 5) is 0. The van der Waals surface area contributed by atoms with Gasteiger partial charge in [0, 0.05) is 22.9 Å². The van der Waals surface area contributed by atoms with Crippen LogP contribution in [0.1, 0.15) is 45.1 Å². The van der Waals surface area contributed by atoms with Gasteiger partial charge in [0.2, 0.25) is 5.79 Å². The SMILES string of the molecule is CC1(C)CCCC2(C1)OCc1cc(Br)ccc1O2. The van der Waals surface area contributed by atoms with E-state index in [1.54, 1.807) is 0 Å². The fourth-order valence-electron chi connectivity index (χ4n) is 3.15. The molecule has 0 radical (unpaired) electrons. The highest BCUT2D eigenvalue weighted by atomic mass is 79.9. The molecule has 1 heterocycles. The van der Waals surface area contributed by atoms with Crippen molar-refractivity contribution >= 4 is 15.9 Å². The Morgan fingerprint density at radius 3 is 2.83 bits per heavy atom. The lowest BCUT2D eigenvalue weighted by atomic mass is 9.74. The molecule has 1 aliphatic carbocycles. The summed E-state index contributed by atoms with van der Waals surface area (Å²) < 4.78 is 13.4. The van der Waals surface area contributed by atoms with Crippen LogP contribution in [0.4, 0.5) is 0 Å². The van der Waals surface area contributed by atoms with Crippen molar-refractivity contribution in [3.8, 4) is 5.75 Å². The summed E-state index contributed by atoms with van der Waals surface area (Å²) in [6.07, 6.45) is 4.43. The van der Waals surface area contributed by atoms with Crippen LogP contribution in [-0.2, 0) is 11.3 Å². The van der Waals surface area contributed by atoms with Crippen molar-refractivity contribution in [3.63, 3.8) is 0 Å². The summed E-state index contributed by atoms with van der Waals surface area (Å²) in [6.45, 7) is 5.26. The minimum Gasteiger partial charge on any atom is -0.462 e. The summed E-state index contributed by atoms with van der Waals surface area (Å²) in [6, 6.07) is 6.16. The van der Waals surface area contributed by atoms with Gasteiger partial charge in [-0.2, -0.15) is 0 Å². The minimum atomic E-state index is -0.386. The fraction of sp³-hybridized carbons (Fsp3) is 0.600. The third-order valence-corrected chi connectivity index (χ3v) is 4.46. The van der Waals surface area contributed by atoms with E-state index < -0.39 is 0 Å². The van der Waals surface area contributed by atoms with Crippen molar-refractivity contribution in [1.82, 2.24) is 0 Å². The van der Waals surface area contributed by atoms with E-state index in [-0.39, 0.29) is 5.79 Å². The summed E-state index contributed by atoms with van der Waals surface area (Å²) in [7, 11) is 0. The average molecular weight is 311 g/mol. The second kappa shape index (κ2) is 4.24. The highest BCUT2D eigenvalue weighted by molar-refractivity contribution is 9.10. The Balaban J connectivity index is 1.88. The number of hydrogen-bond donors (Lipinski definition) is 0. The largest absolute Gasteiger partial charge is 0.462 e. The van der Waals surface area contributed by atoms with E-state index in [0.29, 0.717) is 12.0 Å². The summed E-state index contributed by atoms with van der Waals surface area (Å²) in [5.41, 5.74) is 1.45. The van der Waals surface area contributed by atoms with Crippen LogP contribution in [0.5, 0.6) is 5.75 Å². The normalized spacial score (nSPS) is 29.7. The molecule has 98 valence electrons. The molecular weight excluding hydrogens is 292 g/mol. The number of fused-ring (bicyclic) bond motifs is 1. The predicted molar refractivity (Wildman–Crippen MR) is 74.5 cm³/mol. The van der Waals surface area contributed by atoms with E-state index in [1.165, 1.54) is 12.8 Å². The molecule has 0 aromatic heterocycles. The molecule has 1 spiro atoms. The van der Waals surface area contributed by atoms with Gasteiger partial charge in [-0.3, -0.25) is 0 Å². The molecule has 18 heavy (non-hydrogen) atoms. The van der Waals surface area contributed by atoms with Crippen molar-refractivity contribution < 1.29 is 9.47 Å². The molecule has 2 nitrogen and oxygen atoms in total. The Morgan fingerprint density at radius 1 is 1.22 bits per heavy atom. The molecule has 0 N–H and O–H groups in total. The summed E-state index contributed by atoms with van der Waals surface area (Å²) in [5.74, 6) is 0.602. The van der Waals surface area contributed by atoms with Gasteiger partial charge in [-0.1, -0.05) is 29.8 Å². The molecule has 1 aliphatic heterocycles. The Labute approximate surface area is 117 Å². The van der Waals surface area contributed by atoms with Crippen molar-refractivity contribution in [2.45, 2.75) is 51.9 Å². The third-order valence-electron chi connectivity index (χ3n) is 3.97. The van der Waals surface area contributed by atoms with Gasteiger partial charge in [-0.15, -0.1) is 0 Å². The molecule has 1 aromatic carbocycles. The predicted octanol–water partition coefficient (Wildman–Crippen LogP) is 4.65. The first-order chi connectivity index (χ1) is 8.48. The first-order valence-corrected chi connectivity index (χ1v) is 7.39. The van der Waals surface area contributed by atoms with Crippen LogP contribution in [0.2, 0.25) is 0 Å². The minimum absolute atomic E-state index is 0.311. The Morgan fingerprint density at radius 2 is 2.06 bits per heavy atom. The van der Waals surface area contributed by atoms with E-state index in [2.05, 4.69) is 35.8 Å². The third kappa shape index (κ3) is 2.30. The van der Waals surface area contributed by atoms with E-state index in [4.69, 9.17) is 9.47 Å². The Kier molecular flexibility index (Phi) is 2.94. The van der Waals surface area contributed by atoms with E-state index >= 15 is 0 Å². The quantitative estimate of drug-likeness (QED) is 0.694. The first-order valence-electron chi connectivity index (χ1n) is 6.60. The summed E-state index contributed by atoms with van der Waals surface area (Å²) >= 11 is 3.48. The zero-order chi connectivity index (χ0) is 12.8. The molecule has 1 saturated carbocycles. The van der Waals surface area contributed by atoms with Crippen LogP contribution in [0.15, 0.2) is 22.7 Å². The molecule has 1 fully saturated rings. The van der Waals surface area contributed by atoms with Gasteiger partial charge < -0.3 is 9.47 Å². The van der Waals surface area contributed by atoms with E-state index in [1.807, 2.05) is 12.1 Å². The van der Waals surface area contributed by atoms with Gasteiger partial charge in [0.1, 0.15) is 5.75 Å². The fourth-order valence-corrected chi connectivity index (χ4v) is 3.56. The van der Waals surface area contributed by atoms with Gasteiger partial charge in [0.15, 0.2) is 0 Å². The number of rotatable bonds is 0. The number of hydrogen-bond acceptors (Lipinski definition) is 2. The monoisotopic (exact) mass is 310 g/mol. The summed E-state index contributed by atoms with van der Waals surface area (Å²) in [5, 5.41) is 0. The van der Waals surface area contributed by atoms with Crippen LogP contribution >= 0.6 is 15.9 Å². The van der Waals surface area contributed by atoms with Crippen molar-refractivity contribution in [2.75, 3.05) is 0 Å². The highest BCUT2D eigenvalue weighted by Gasteiger charge is 2.45. The van der Waals surface area contributed by atoms with E-state index in [0.717, 1.165) is 28.6 Å². The lowest BCUT2D eigenvalue weighted by Crippen LogP contribution is -2.48. The standard InChI is InChI=1S/C15H19BrO2/c1-14(2)6-3-7-15(10-14)17-9-11-8-12(16)4-5-13(11)18-15/h4-5,8H,3,6-7,9-10H2,1-2H3. The zero-order valence-corrected chi connectivity index (χ0v) is 12.5.